The quantitative estimate of drug-likeness (QED) is 0.153. The van der Waals surface area contributed by atoms with Gasteiger partial charge >= 0.3 is 0 Å². The molecule has 0 unspecified atom stereocenters. The molecular formula is C63H40N4S. The maximum Gasteiger partial charge on any atom is 0.160 e. The van der Waals surface area contributed by atoms with Crippen molar-refractivity contribution in [3.8, 4) is 84.2 Å². The summed E-state index contributed by atoms with van der Waals surface area (Å²) >= 11 is 1.83. The molecule has 0 N–H and O–H groups in total. The monoisotopic (exact) mass is 884 g/mol. The van der Waals surface area contributed by atoms with E-state index in [1.54, 1.807) is 0 Å². The lowest BCUT2D eigenvalue weighted by molar-refractivity contribution is 1.18. The van der Waals surface area contributed by atoms with Gasteiger partial charge in [-0.3, -0.25) is 4.98 Å². The Morgan fingerprint density at radius 1 is 0.353 bits per heavy atom. The molecule has 0 aliphatic heterocycles. The van der Waals surface area contributed by atoms with Crippen LogP contribution in [0.25, 0.3) is 126 Å². The number of pyridine rings is 1. The molecule has 0 aliphatic carbocycles. The van der Waals surface area contributed by atoms with E-state index in [1.807, 2.05) is 35.6 Å². The molecule has 0 aliphatic rings. The third kappa shape index (κ3) is 6.79. The highest BCUT2D eigenvalue weighted by atomic mass is 32.1. The topological polar surface area (TPSA) is 43.6 Å². The van der Waals surface area contributed by atoms with Gasteiger partial charge in [-0.2, -0.15) is 0 Å². The van der Waals surface area contributed by atoms with Crippen molar-refractivity contribution in [2.75, 3.05) is 0 Å². The minimum Gasteiger partial charge on any atom is -0.309 e. The average Bonchev–Trinajstić information content (AvgIpc) is 3.95. The van der Waals surface area contributed by atoms with Crippen LogP contribution in [0.4, 0.5) is 0 Å². The lowest BCUT2D eigenvalue weighted by atomic mass is 9.87. The van der Waals surface area contributed by atoms with Crippen LogP contribution in [0.3, 0.4) is 0 Å². The largest absolute Gasteiger partial charge is 0.309 e. The molecule has 0 fully saturated rings. The lowest BCUT2D eigenvalue weighted by Crippen LogP contribution is -1.99. The molecule has 5 heteroatoms. The highest BCUT2D eigenvalue weighted by Gasteiger charge is 2.23. The first-order valence-corrected chi connectivity index (χ1v) is 23.7. The van der Waals surface area contributed by atoms with Gasteiger partial charge in [-0.25, -0.2) is 9.97 Å². The Hall–Kier alpha value is -8.77. The van der Waals surface area contributed by atoms with Crippen LogP contribution in [0.15, 0.2) is 243 Å². The fraction of sp³-hybridized carbons (Fsp3) is 0. The van der Waals surface area contributed by atoms with E-state index in [1.165, 1.54) is 42.0 Å². The molecule has 68 heavy (non-hydrogen) atoms. The zero-order chi connectivity index (χ0) is 45.0. The van der Waals surface area contributed by atoms with Gasteiger partial charge in [-0.1, -0.05) is 188 Å². The van der Waals surface area contributed by atoms with Crippen molar-refractivity contribution in [3.63, 3.8) is 0 Å². The predicted molar refractivity (Wildman–Crippen MR) is 285 cm³/mol. The van der Waals surface area contributed by atoms with Crippen LogP contribution >= 0.6 is 11.3 Å². The maximum atomic E-state index is 5.61. The normalized spacial score (nSPS) is 11.5. The first kappa shape index (κ1) is 39.6. The zero-order valence-corrected chi connectivity index (χ0v) is 37.6. The summed E-state index contributed by atoms with van der Waals surface area (Å²) in [6.45, 7) is 0. The highest BCUT2D eigenvalue weighted by Crippen LogP contribution is 2.47. The highest BCUT2D eigenvalue weighted by molar-refractivity contribution is 7.26. The van der Waals surface area contributed by atoms with E-state index in [-0.39, 0.29) is 0 Å². The first-order valence-electron chi connectivity index (χ1n) is 22.9. The standard InChI is InChI=1S/C63H40N4S/c1-6-20-41(21-7-1)47-31-18-32-48(42-22-8-2-9-23-42)60(47)45-36-52(55-38-54(43-24-10-3-11-25-43)65-63(66-55)44-26-12-4-13-27-44)62(64-40-45)50-33-19-35-58-61(50)53-37-51-49-30-16-17-34-56(49)67(46-28-14-5-15-29-46)57(51)39-59(53)68-58/h1-40H. The second-order valence-corrected chi connectivity index (χ2v) is 18.2. The molecule has 0 saturated carbocycles. The van der Waals surface area contributed by atoms with E-state index in [4.69, 9.17) is 15.0 Å². The molecule has 13 aromatic rings. The molecule has 9 aromatic carbocycles. The summed E-state index contributed by atoms with van der Waals surface area (Å²) in [4.78, 5) is 16.3. The van der Waals surface area contributed by atoms with Crippen molar-refractivity contribution in [1.82, 2.24) is 19.5 Å². The van der Waals surface area contributed by atoms with Gasteiger partial charge in [0.05, 0.1) is 28.1 Å². The summed E-state index contributed by atoms with van der Waals surface area (Å²) in [5.41, 5.74) is 16.6. The molecular weight excluding hydrogens is 845 g/mol. The molecule has 4 heterocycles. The van der Waals surface area contributed by atoms with E-state index in [0.29, 0.717) is 5.82 Å². The van der Waals surface area contributed by atoms with Crippen LogP contribution in [0.1, 0.15) is 0 Å². The smallest absolute Gasteiger partial charge is 0.160 e. The van der Waals surface area contributed by atoms with Crippen molar-refractivity contribution < 1.29 is 0 Å². The van der Waals surface area contributed by atoms with Crippen molar-refractivity contribution in [2.24, 2.45) is 0 Å². The molecule has 318 valence electrons. The van der Waals surface area contributed by atoms with Crippen LogP contribution in [-0.4, -0.2) is 19.5 Å². The molecule has 0 saturated heterocycles. The van der Waals surface area contributed by atoms with Gasteiger partial charge in [0.1, 0.15) is 0 Å². The molecule has 0 radical (unpaired) electrons. The maximum absolute atomic E-state index is 5.61. The predicted octanol–water partition coefficient (Wildman–Crippen LogP) is 17.0. The van der Waals surface area contributed by atoms with E-state index < -0.39 is 0 Å². The van der Waals surface area contributed by atoms with E-state index in [9.17, 15) is 0 Å². The summed E-state index contributed by atoms with van der Waals surface area (Å²) in [7, 11) is 0. The van der Waals surface area contributed by atoms with Crippen LogP contribution in [0.2, 0.25) is 0 Å². The second-order valence-electron chi connectivity index (χ2n) is 17.1. The number of benzene rings is 9. The zero-order valence-electron chi connectivity index (χ0n) is 36.8. The van der Waals surface area contributed by atoms with E-state index in [0.717, 1.165) is 78.4 Å². The minimum atomic E-state index is 0.657. The van der Waals surface area contributed by atoms with Gasteiger partial charge in [0.2, 0.25) is 0 Å². The average molecular weight is 885 g/mol. The summed E-state index contributed by atoms with van der Waals surface area (Å²) < 4.78 is 4.83. The van der Waals surface area contributed by atoms with Crippen LogP contribution in [0.5, 0.6) is 0 Å². The number of nitrogens with zero attached hydrogens (tertiary/aromatic N) is 4. The van der Waals surface area contributed by atoms with Gasteiger partial charge in [-0.15, -0.1) is 11.3 Å². The van der Waals surface area contributed by atoms with E-state index in [2.05, 4.69) is 223 Å². The molecule has 0 amide bonds. The summed E-state index contributed by atoms with van der Waals surface area (Å²) in [5, 5.41) is 4.83. The van der Waals surface area contributed by atoms with Crippen molar-refractivity contribution in [2.45, 2.75) is 0 Å². The number of fused-ring (bicyclic) bond motifs is 6. The van der Waals surface area contributed by atoms with Gasteiger partial charge < -0.3 is 4.57 Å². The molecule has 4 nitrogen and oxygen atoms in total. The molecule has 13 rings (SSSR count). The number of aromatic nitrogens is 4. The SMILES string of the molecule is c1ccc(-c2cc(-c3cc(-c4c(-c5ccccc5)cccc4-c4ccccc4)cnc3-c3cccc4sc5cc6c(cc5c34)c3ccccc3n6-c3ccccc3)nc(-c3ccccc3)n2)cc1. The van der Waals surface area contributed by atoms with E-state index >= 15 is 0 Å². The minimum absolute atomic E-state index is 0.657. The Labute approximate surface area is 397 Å². The number of hydrogen-bond donors (Lipinski definition) is 0. The first-order chi connectivity index (χ1) is 33.7. The Morgan fingerprint density at radius 2 is 0.926 bits per heavy atom. The Bertz CT molecular complexity index is 3880. The Balaban J connectivity index is 1.11. The third-order valence-electron chi connectivity index (χ3n) is 13.1. The number of hydrogen-bond acceptors (Lipinski definition) is 4. The summed E-state index contributed by atoms with van der Waals surface area (Å²) in [6, 6.07) is 84.0. The molecule has 0 atom stereocenters. The van der Waals surface area contributed by atoms with Crippen LogP contribution < -0.4 is 0 Å². The number of para-hydroxylation sites is 2. The van der Waals surface area contributed by atoms with Crippen LogP contribution in [-0.2, 0) is 0 Å². The fourth-order valence-corrected chi connectivity index (χ4v) is 11.1. The number of thiophene rings is 1. The Kier molecular flexibility index (Phi) is 9.66. The summed E-state index contributed by atoms with van der Waals surface area (Å²) in [5.74, 6) is 0.657. The van der Waals surface area contributed by atoms with Gasteiger partial charge in [0.15, 0.2) is 5.82 Å². The molecule has 0 spiro atoms. The Morgan fingerprint density at radius 3 is 1.62 bits per heavy atom. The van der Waals surface area contributed by atoms with Crippen LogP contribution in [0, 0.1) is 0 Å². The second kappa shape index (κ2) is 16.6. The van der Waals surface area contributed by atoms with Gasteiger partial charge in [0.25, 0.3) is 0 Å². The van der Waals surface area contributed by atoms with Gasteiger partial charge in [-0.05, 0) is 76.3 Å². The lowest BCUT2D eigenvalue weighted by Gasteiger charge is -2.19. The van der Waals surface area contributed by atoms with Crippen molar-refractivity contribution >= 4 is 53.3 Å². The molecule has 4 aromatic heterocycles. The summed E-state index contributed by atoms with van der Waals surface area (Å²) in [6.07, 6.45) is 2.07. The van der Waals surface area contributed by atoms with Crippen molar-refractivity contribution in [1.29, 1.82) is 0 Å². The number of rotatable bonds is 8. The van der Waals surface area contributed by atoms with Gasteiger partial charge in [0, 0.05) is 70.6 Å². The fourth-order valence-electron chi connectivity index (χ4n) is 9.99. The van der Waals surface area contributed by atoms with Crippen molar-refractivity contribution in [3.05, 3.63) is 243 Å². The molecule has 0 bridgehead atoms. The third-order valence-corrected chi connectivity index (χ3v) is 14.2.